The quantitative estimate of drug-likeness (QED) is 0.375. The van der Waals surface area contributed by atoms with Crippen LogP contribution in [0.2, 0.25) is 0 Å². The molecular weight excluding hydrogens is 448 g/mol. The molecule has 35 heavy (non-hydrogen) atoms. The van der Waals surface area contributed by atoms with E-state index in [1.165, 1.54) is 18.2 Å². The molecule has 1 saturated heterocycles. The predicted molar refractivity (Wildman–Crippen MR) is 131 cm³/mol. The van der Waals surface area contributed by atoms with E-state index in [0.29, 0.717) is 29.7 Å². The fraction of sp³-hybridized carbons (Fsp3) is 0.296. The Hall–Kier alpha value is -3.81. The van der Waals surface area contributed by atoms with Gasteiger partial charge >= 0.3 is 0 Å². The van der Waals surface area contributed by atoms with Crippen molar-refractivity contribution in [1.82, 2.24) is 25.1 Å². The Morgan fingerprint density at radius 3 is 2.31 bits per heavy atom. The third-order valence-electron chi connectivity index (χ3n) is 6.09. The Kier molecular flexibility index (Phi) is 7.39. The minimum absolute atomic E-state index is 0.0899. The Morgan fingerprint density at radius 1 is 0.943 bits per heavy atom. The molecule has 6 nitrogen and oxygen atoms in total. The van der Waals surface area contributed by atoms with Gasteiger partial charge in [-0.3, -0.25) is 4.79 Å². The number of hydrogen-bond donors (Lipinski definition) is 0. The van der Waals surface area contributed by atoms with Gasteiger partial charge in [-0.05, 0) is 37.1 Å². The van der Waals surface area contributed by atoms with Gasteiger partial charge in [-0.2, -0.15) is 0 Å². The summed E-state index contributed by atoms with van der Waals surface area (Å²) >= 11 is 0. The summed E-state index contributed by atoms with van der Waals surface area (Å²) in [6, 6.07) is 12.7. The van der Waals surface area contributed by atoms with Crippen molar-refractivity contribution in [2.75, 3.05) is 13.1 Å². The van der Waals surface area contributed by atoms with Gasteiger partial charge in [0, 0.05) is 43.1 Å². The van der Waals surface area contributed by atoms with Gasteiger partial charge in [0.2, 0.25) is 5.91 Å². The normalized spacial score (nSPS) is 13.9. The first kappa shape index (κ1) is 24.3. The highest BCUT2D eigenvalue weighted by molar-refractivity contribution is 5.93. The van der Waals surface area contributed by atoms with Crippen molar-refractivity contribution < 1.29 is 13.6 Å². The van der Waals surface area contributed by atoms with E-state index in [-0.39, 0.29) is 23.1 Å². The van der Waals surface area contributed by atoms with Crippen molar-refractivity contribution in [3.63, 3.8) is 0 Å². The molecule has 0 N–H and O–H groups in total. The molecule has 1 amide bonds. The Bertz CT molecular complexity index is 1330. The lowest BCUT2D eigenvalue weighted by Crippen LogP contribution is -2.36. The minimum Gasteiger partial charge on any atom is -0.343 e. The maximum absolute atomic E-state index is 14.2. The number of nitrogens with zero attached hydrogens (tertiary/aromatic N) is 5. The van der Waals surface area contributed by atoms with Gasteiger partial charge in [0.15, 0.2) is 0 Å². The lowest BCUT2D eigenvalue weighted by atomic mass is 9.95. The summed E-state index contributed by atoms with van der Waals surface area (Å²) in [7, 11) is 0. The molecule has 1 aliphatic rings. The second-order valence-corrected chi connectivity index (χ2v) is 8.15. The summed E-state index contributed by atoms with van der Waals surface area (Å²) in [4.78, 5) is 22.7. The molecule has 0 aliphatic carbocycles. The summed E-state index contributed by atoms with van der Waals surface area (Å²) in [6.07, 6.45) is 3.36. The molecule has 4 aromatic rings. The smallest absolute Gasteiger partial charge is 0.219 e. The first-order valence-corrected chi connectivity index (χ1v) is 11.8. The van der Waals surface area contributed by atoms with E-state index in [1.54, 1.807) is 19.2 Å². The van der Waals surface area contributed by atoms with Crippen molar-refractivity contribution in [3.8, 4) is 22.5 Å². The van der Waals surface area contributed by atoms with Crippen LogP contribution in [0.15, 0.2) is 54.7 Å². The summed E-state index contributed by atoms with van der Waals surface area (Å²) in [5.41, 5.74) is 2.01. The molecular formula is C27H27F2N5O. The highest BCUT2D eigenvalue weighted by Crippen LogP contribution is 2.31. The lowest BCUT2D eigenvalue weighted by Gasteiger charge is -2.30. The number of aromatic nitrogens is 4. The van der Waals surface area contributed by atoms with Crippen LogP contribution < -0.4 is 0 Å². The third-order valence-corrected chi connectivity index (χ3v) is 6.09. The van der Waals surface area contributed by atoms with Crippen LogP contribution in [0.25, 0.3) is 33.4 Å². The third kappa shape index (κ3) is 5.01. The van der Waals surface area contributed by atoms with E-state index < -0.39 is 11.6 Å². The van der Waals surface area contributed by atoms with Crippen LogP contribution in [-0.4, -0.2) is 44.1 Å². The maximum Gasteiger partial charge on any atom is 0.219 e. The highest BCUT2D eigenvalue weighted by Gasteiger charge is 2.24. The van der Waals surface area contributed by atoms with Crippen LogP contribution in [0.1, 0.15) is 45.4 Å². The van der Waals surface area contributed by atoms with Gasteiger partial charge in [0.05, 0.1) is 17.0 Å². The molecule has 8 heteroatoms. The molecule has 2 aromatic carbocycles. The van der Waals surface area contributed by atoms with Gasteiger partial charge in [0.25, 0.3) is 0 Å². The maximum atomic E-state index is 14.2. The van der Waals surface area contributed by atoms with Crippen molar-refractivity contribution in [2.24, 2.45) is 0 Å². The lowest BCUT2D eigenvalue weighted by molar-refractivity contribution is -0.129. The Labute approximate surface area is 203 Å². The number of halogens is 2. The molecule has 1 fully saturated rings. The highest BCUT2D eigenvalue weighted by atomic mass is 19.1. The zero-order valence-corrected chi connectivity index (χ0v) is 20.0. The molecule has 3 heterocycles. The molecule has 0 bridgehead atoms. The number of piperidine rings is 1. The first-order valence-electron chi connectivity index (χ1n) is 11.8. The number of benzene rings is 2. The summed E-state index contributed by atoms with van der Waals surface area (Å²) < 4.78 is 28.4. The number of carbonyl (C=O) groups excluding carboxylic acids is 1. The Balaban J connectivity index is 0.00000141. The molecule has 0 unspecified atom stereocenters. The first-order chi connectivity index (χ1) is 17.0. The van der Waals surface area contributed by atoms with Crippen LogP contribution in [0, 0.1) is 11.6 Å². The van der Waals surface area contributed by atoms with Crippen molar-refractivity contribution >= 4 is 16.8 Å². The van der Waals surface area contributed by atoms with Crippen LogP contribution in [0.5, 0.6) is 0 Å². The van der Waals surface area contributed by atoms with E-state index in [4.69, 9.17) is 4.98 Å². The summed E-state index contributed by atoms with van der Waals surface area (Å²) in [5.74, 6) is -0.359. The minimum atomic E-state index is -0.684. The number of likely N-dealkylation sites (tertiary alicyclic amines) is 1. The van der Waals surface area contributed by atoms with Gasteiger partial charge in [-0.25, -0.2) is 18.7 Å². The fourth-order valence-corrected chi connectivity index (χ4v) is 4.31. The van der Waals surface area contributed by atoms with Gasteiger partial charge in [0.1, 0.15) is 23.0 Å². The monoisotopic (exact) mass is 475 g/mol. The van der Waals surface area contributed by atoms with Crippen LogP contribution in [0.3, 0.4) is 0 Å². The number of amides is 1. The second kappa shape index (κ2) is 10.6. The summed E-state index contributed by atoms with van der Waals surface area (Å²) in [5, 5.41) is 9.11. The van der Waals surface area contributed by atoms with Crippen LogP contribution in [-0.2, 0) is 4.79 Å². The number of carbonyl (C=O) groups is 1. The van der Waals surface area contributed by atoms with Crippen molar-refractivity contribution in [3.05, 3.63) is 72.2 Å². The van der Waals surface area contributed by atoms with Gasteiger partial charge in [-0.15, -0.1) is 10.2 Å². The van der Waals surface area contributed by atoms with Crippen molar-refractivity contribution in [2.45, 2.75) is 39.5 Å². The predicted octanol–water partition coefficient (Wildman–Crippen LogP) is 5.78. The largest absolute Gasteiger partial charge is 0.343 e. The van der Waals surface area contributed by atoms with E-state index in [1.807, 2.05) is 43.0 Å². The number of fused-ring (bicyclic) bond motifs is 1. The van der Waals surface area contributed by atoms with E-state index in [2.05, 4.69) is 15.2 Å². The fourth-order valence-electron chi connectivity index (χ4n) is 4.31. The van der Waals surface area contributed by atoms with Crippen LogP contribution in [0.4, 0.5) is 8.78 Å². The molecule has 0 atom stereocenters. The standard InChI is InChI=1S/C25H21F2N5O.C2H6/c1-15(33)32-12-9-16(10-13-32)25-28-11-8-21(29-25)18-5-2-4-17-14-22(30-31-24(17)18)23-19(26)6-3-7-20(23)27;1-2/h2-8,11,14,16H,9-10,12-13H2,1H3;1-2H3. The molecule has 0 spiro atoms. The van der Waals surface area contributed by atoms with Gasteiger partial charge in [-0.1, -0.05) is 38.1 Å². The van der Waals surface area contributed by atoms with Crippen LogP contribution >= 0.6 is 0 Å². The van der Waals surface area contributed by atoms with E-state index in [9.17, 15) is 13.6 Å². The molecule has 5 rings (SSSR count). The van der Waals surface area contributed by atoms with Gasteiger partial charge < -0.3 is 4.90 Å². The average Bonchev–Trinajstić information content (AvgIpc) is 2.89. The van der Waals surface area contributed by atoms with E-state index >= 15 is 0 Å². The zero-order valence-electron chi connectivity index (χ0n) is 20.0. The number of hydrogen-bond acceptors (Lipinski definition) is 5. The SMILES string of the molecule is CC.CC(=O)N1CCC(c2nccc(-c3cccc4cc(-c5c(F)cccc5F)nnc34)n2)CC1. The zero-order chi connectivity index (χ0) is 24.9. The topological polar surface area (TPSA) is 71.9 Å². The van der Waals surface area contributed by atoms with E-state index in [0.717, 1.165) is 24.2 Å². The second-order valence-electron chi connectivity index (χ2n) is 8.15. The Morgan fingerprint density at radius 2 is 1.63 bits per heavy atom. The summed E-state index contributed by atoms with van der Waals surface area (Å²) in [6.45, 7) is 6.98. The average molecular weight is 476 g/mol. The molecule has 180 valence electrons. The molecule has 0 saturated carbocycles. The molecule has 1 aliphatic heterocycles. The molecule has 2 aromatic heterocycles. The van der Waals surface area contributed by atoms with Crippen molar-refractivity contribution in [1.29, 1.82) is 0 Å². The number of rotatable bonds is 3. The molecule has 0 radical (unpaired) electrons.